The molecule has 0 unspecified atom stereocenters. The van der Waals surface area contributed by atoms with E-state index in [1.165, 1.54) is 0 Å². The monoisotopic (exact) mass is 318 g/mol. The molecule has 0 radical (unpaired) electrons. The van der Waals surface area contributed by atoms with Crippen LogP contribution in [0, 0.1) is 29.1 Å². The standard InChI is InChI=1S/C13H7F5N2O2/c14-8-7(9(15)11(17)12(18)10(8)16)6-4(3-5(21)22)1-2-20-13(6)19/h1-2H,3H2,(H2,19,20)(H,21,22). The Morgan fingerprint density at radius 3 is 2.00 bits per heavy atom. The fraction of sp³-hybridized carbons (Fsp3) is 0.0769. The minimum atomic E-state index is -2.32. The van der Waals surface area contributed by atoms with Crippen LogP contribution < -0.4 is 5.73 Å². The van der Waals surface area contributed by atoms with E-state index in [1.54, 1.807) is 0 Å². The van der Waals surface area contributed by atoms with Crippen LogP contribution in [0.15, 0.2) is 12.3 Å². The number of rotatable bonds is 3. The first-order chi connectivity index (χ1) is 10.3. The highest BCUT2D eigenvalue weighted by atomic mass is 19.2. The van der Waals surface area contributed by atoms with Gasteiger partial charge in [-0.3, -0.25) is 4.79 Å². The Bertz CT molecular complexity index is 751. The molecule has 1 aromatic heterocycles. The molecular formula is C13H7F5N2O2. The highest BCUT2D eigenvalue weighted by Gasteiger charge is 2.29. The van der Waals surface area contributed by atoms with E-state index in [1.807, 2.05) is 0 Å². The van der Waals surface area contributed by atoms with Gasteiger partial charge in [0.1, 0.15) is 5.82 Å². The number of hydrogen-bond acceptors (Lipinski definition) is 3. The van der Waals surface area contributed by atoms with Crippen molar-refractivity contribution in [3.05, 3.63) is 46.9 Å². The second-order valence-electron chi connectivity index (χ2n) is 4.25. The molecule has 2 aromatic rings. The van der Waals surface area contributed by atoms with Crippen LogP contribution in [0.2, 0.25) is 0 Å². The Morgan fingerprint density at radius 1 is 1.00 bits per heavy atom. The maximum atomic E-state index is 13.8. The van der Waals surface area contributed by atoms with Gasteiger partial charge in [-0.1, -0.05) is 0 Å². The lowest BCUT2D eigenvalue weighted by molar-refractivity contribution is -0.136. The minimum Gasteiger partial charge on any atom is -0.481 e. The van der Waals surface area contributed by atoms with Gasteiger partial charge < -0.3 is 10.8 Å². The molecule has 22 heavy (non-hydrogen) atoms. The molecule has 9 heteroatoms. The predicted molar refractivity (Wildman–Crippen MR) is 65.2 cm³/mol. The first kappa shape index (κ1) is 15.7. The van der Waals surface area contributed by atoms with Crippen molar-refractivity contribution in [2.45, 2.75) is 6.42 Å². The summed E-state index contributed by atoms with van der Waals surface area (Å²) in [6, 6.07) is 1.07. The summed E-state index contributed by atoms with van der Waals surface area (Å²) in [5.41, 5.74) is 3.25. The third-order valence-corrected chi connectivity index (χ3v) is 2.87. The molecule has 116 valence electrons. The van der Waals surface area contributed by atoms with Crippen LogP contribution in [0.3, 0.4) is 0 Å². The number of nitrogens with zero attached hydrogens (tertiary/aromatic N) is 1. The molecule has 0 atom stereocenters. The van der Waals surface area contributed by atoms with Gasteiger partial charge in [0.15, 0.2) is 23.3 Å². The second-order valence-corrected chi connectivity index (χ2v) is 4.25. The van der Waals surface area contributed by atoms with Crippen LogP contribution in [0.5, 0.6) is 0 Å². The van der Waals surface area contributed by atoms with E-state index in [0.29, 0.717) is 0 Å². The summed E-state index contributed by atoms with van der Waals surface area (Å²) in [4.78, 5) is 14.3. The molecule has 0 aliphatic rings. The number of carboxylic acids is 1. The Kier molecular flexibility index (Phi) is 3.98. The number of nitrogens with two attached hydrogens (primary N) is 1. The number of aromatic nitrogens is 1. The number of aliphatic carboxylic acids is 1. The Balaban J connectivity index is 2.86. The lowest BCUT2D eigenvalue weighted by Crippen LogP contribution is -2.10. The second kappa shape index (κ2) is 5.58. The third-order valence-electron chi connectivity index (χ3n) is 2.87. The lowest BCUT2D eigenvalue weighted by atomic mass is 9.97. The van der Waals surface area contributed by atoms with E-state index in [-0.39, 0.29) is 5.56 Å². The van der Waals surface area contributed by atoms with E-state index in [2.05, 4.69) is 4.98 Å². The largest absolute Gasteiger partial charge is 0.481 e. The number of carbonyl (C=O) groups is 1. The van der Waals surface area contributed by atoms with E-state index < -0.39 is 58.4 Å². The fourth-order valence-electron chi connectivity index (χ4n) is 1.94. The molecule has 4 nitrogen and oxygen atoms in total. The summed E-state index contributed by atoms with van der Waals surface area (Å²) in [6.07, 6.45) is 0.324. The Hall–Kier alpha value is -2.71. The van der Waals surface area contributed by atoms with Gasteiger partial charge in [-0.2, -0.15) is 0 Å². The molecule has 0 aliphatic heterocycles. The van der Waals surface area contributed by atoms with Gasteiger partial charge in [-0.15, -0.1) is 0 Å². The average Bonchev–Trinajstić information content (AvgIpc) is 2.45. The van der Waals surface area contributed by atoms with Gasteiger partial charge in [0.2, 0.25) is 5.82 Å². The summed E-state index contributed by atoms with van der Waals surface area (Å²) >= 11 is 0. The molecule has 0 spiro atoms. The number of hydrogen-bond donors (Lipinski definition) is 2. The van der Waals surface area contributed by atoms with Crippen molar-refractivity contribution >= 4 is 11.8 Å². The predicted octanol–water partition coefficient (Wildman–Crippen LogP) is 2.65. The Labute approximate surface area is 120 Å². The number of pyridine rings is 1. The van der Waals surface area contributed by atoms with Gasteiger partial charge in [-0.25, -0.2) is 26.9 Å². The summed E-state index contributed by atoms with van der Waals surface area (Å²) in [5, 5.41) is 8.76. The van der Waals surface area contributed by atoms with Crippen LogP contribution in [-0.2, 0) is 11.2 Å². The first-order valence-corrected chi connectivity index (χ1v) is 5.72. The van der Waals surface area contributed by atoms with Crippen molar-refractivity contribution in [1.29, 1.82) is 0 Å². The zero-order valence-electron chi connectivity index (χ0n) is 10.6. The molecule has 0 bridgehead atoms. The maximum absolute atomic E-state index is 13.8. The number of nitrogen functional groups attached to an aromatic ring is 1. The van der Waals surface area contributed by atoms with Crippen LogP contribution in [0.1, 0.15) is 5.56 Å². The van der Waals surface area contributed by atoms with Gasteiger partial charge >= 0.3 is 5.97 Å². The van der Waals surface area contributed by atoms with Gasteiger partial charge in [-0.05, 0) is 11.6 Å². The molecule has 2 rings (SSSR count). The van der Waals surface area contributed by atoms with Crippen LogP contribution in [0.4, 0.5) is 27.8 Å². The molecule has 1 heterocycles. The molecule has 3 N–H and O–H groups in total. The summed E-state index contributed by atoms with van der Waals surface area (Å²) < 4.78 is 67.3. The van der Waals surface area contributed by atoms with Crippen LogP contribution in [-0.4, -0.2) is 16.1 Å². The highest BCUT2D eigenvalue weighted by Crippen LogP contribution is 2.36. The number of carboxylic acid groups (broad SMARTS) is 1. The van der Waals surface area contributed by atoms with Crippen molar-refractivity contribution < 1.29 is 31.9 Å². The molecule has 0 fully saturated rings. The van der Waals surface area contributed by atoms with Crippen molar-refractivity contribution in [3.8, 4) is 11.1 Å². The first-order valence-electron chi connectivity index (χ1n) is 5.72. The molecule has 0 amide bonds. The molecular weight excluding hydrogens is 311 g/mol. The topological polar surface area (TPSA) is 76.2 Å². The smallest absolute Gasteiger partial charge is 0.307 e. The SMILES string of the molecule is Nc1nccc(CC(=O)O)c1-c1c(F)c(F)c(F)c(F)c1F. The van der Waals surface area contributed by atoms with E-state index in [0.717, 1.165) is 12.3 Å². The lowest BCUT2D eigenvalue weighted by Gasteiger charge is -2.13. The number of halogens is 5. The zero-order chi connectivity index (χ0) is 16.6. The number of benzene rings is 1. The van der Waals surface area contributed by atoms with Crippen molar-refractivity contribution in [3.63, 3.8) is 0 Å². The van der Waals surface area contributed by atoms with Gasteiger partial charge in [0.25, 0.3) is 0 Å². The minimum absolute atomic E-state index is 0.233. The zero-order valence-corrected chi connectivity index (χ0v) is 10.6. The molecule has 0 saturated carbocycles. The summed E-state index contributed by atoms with van der Waals surface area (Å²) in [7, 11) is 0. The quantitative estimate of drug-likeness (QED) is 0.518. The van der Waals surface area contributed by atoms with E-state index in [4.69, 9.17) is 10.8 Å². The van der Waals surface area contributed by atoms with Crippen LogP contribution in [0.25, 0.3) is 11.1 Å². The van der Waals surface area contributed by atoms with Gasteiger partial charge in [0.05, 0.1) is 12.0 Å². The summed E-state index contributed by atoms with van der Waals surface area (Å²) in [5.74, 6) is -12.8. The highest BCUT2D eigenvalue weighted by molar-refractivity contribution is 5.82. The third kappa shape index (κ3) is 2.45. The molecule has 0 aliphatic carbocycles. The van der Waals surface area contributed by atoms with Crippen molar-refractivity contribution in [2.75, 3.05) is 5.73 Å². The average molecular weight is 318 g/mol. The van der Waals surface area contributed by atoms with Crippen molar-refractivity contribution in [1.82, 2.24) is 4.98 Å². The van der Waals surface area contributed by atoms with Gasteiger partial charge in [0, 0.05) is 11.8 Å². The van der Waals surface area contributed by atoms with E-state index in [9.17, 15) is 26.7 Å². The maximum Gasteiger partial charge on any atom is 0.307 e. The van der Waals surface area contributed by atoms with Crippen molar-refractivity contribution in [2.24, 2.45) is 0 Å². The Morgan fingerprint density at radius 2 is 1.50 bits per heavy atom. The number of anilines is 1. The molecule has 0 saturated heterocycles. The summed E-state index contributed by atoms with van der Waals surface area (Å²) in [6.45, 7) is 0. The normalized spacial score (nSPS) is 10.8. The van der Waals surface area contributed by atoms with Crippen LogP contribution >= 0.6 is 0 Å². The van der Waals surface area contributed by atoms with E-state index >= 15 is 0 Å². The molecule has 1 aromatic carbocycles. The fourth-order valence-corrected chi connectivity index (χ4v) is 1.94.